The number of likely N-dealkylation sites (tertiary alicyclic amines) is 1. The molecule has 6 nitrogen and oxygen atoms in total. The molecule has 1 aromatic rings. The van der Waals surface area contributed by atoms with Crippen molar-refractivity contribution in [2.45, 2.75) is 31.8 Å². The zero-order chi connectivity index (χ0) is 14.9. The van der Waals surface area contributed by atoms with Gasteiger partial charge in [0.15, 0.2) is 0 Å². The lowest BCUT2D eigenvalue weighted by Crippen LogP contribution is -2.34. The van der Waals surface area contributed by atoms with Gasteiger partial charge in [-0.3, -0.25) is 10.1 Å². The molecule has 0 saturated carbocycles. The van der Waals surface area contributed by atoms with Crippen LogP contribution >= 0.6 is 0 Å². The molecule has 1 unspecified atom stereocenters. The third-order valence-corrected chi connectivity index (χ3v) is 4.79. The molecule has 0 amide bonds. The Morgan fingerprint density at radius 1 is 1.32 bits per heavy atom. The second-order valence-corrected chi connectivity index (χ2v) is 6.11. The summed E-state index contributed by atoms with van der Waals surface area (Å²) in [5, 5.41) is 12.0. The lowest BCUT2D eigenvalue weighted by atomic mass is 10.0. The van der Waals surface area contributed by atoms with Crippen molar-refractivity contribution in [3.8, 4) is 0 Å². The smallest absolute Gasteiger partial charge is 0.105 e. The number of aromatic nitrogens is 2. The summed E-state index contributed by atoms with van der Waals surface area (Å²) in [5.74, 6) is 0. The van der Waals surface area contributed by atoms with Crippen LogP contribution in [0.3, 0.4) is 0 Å². The zero-order valence-electron chi connectivity index (χ0n) is 12.9. The molecule has 0 aromatic carbocycles. The lowest BCUT2D eigenvalue weighted by molar-refractivity contribution is 0.187. The van der Waals surface area contributed by atoms with Gasteiger partial charge in [-0.2, -0.15) is 10.2 Å². The number of fused-ring (bicyclic) bond motifs is 1. The molecule has 22 heavy (non-hydrogen) atoms. The summed E-state index contributed by atoms with van der Waals surface area (Å²) >= 11 is 0. The third-order valence-electron chi connectivity index (χ3n) is 4.79. The Balaban J connectivity index is 1.47. The van der Waals surface area contributed by atoms with Crippen LogP contribution in [0.25, 0.3) is 5.57 Å². The van der Waals surface area contributed by atoms with Crippen LogP contribution < -0.4 is 10.7 Å². The van der Waals surface area contributed by atoms with Gasteiger partial charge >= 0.3 is 0 Å². The minimum atomic E-state index is 0.192. The largest absolute Gasteiger partial charge is 0.377 e. The molecule has 1 saturated heterocycles. The molecule has 6 heteroatoms. The van der Waals surface area contributed by atoms with Crippen molar-refractivity contribution < 1.29 is 0 Å². The van der Waals surface area contributed by atoms with E-state index in [0.29, 0.717) is 6.04 Å². The molecule has 0 spiro atoms. The highest BCUT2D eigenvalue weighted by Crippen LogP contribution is 2.26. The fourth-order valence-electron chi connectivity index (χ4n) is 3.33. The van der Waals surface area contributed by atoms with Gasteiger partial charge < -0.3 is 10.2 Å². The number of nitrogens with zero attached hydrogens (tertiary/aromatic N) is 4. The lowest BCUT2D eigenvalue weighted by Gasteiger charge is -2.31. The molecule has 3 aliphatic rings. The number of allylic oxidation sites excluding steroid dienone is 2. The first-order chi connectivity index (χ1) is 10.8. The maximum atomic E-state index is 4.60. The molecule has 116 valence electrons. The van der Waals surface area contributed by atoms with Gasteiger partial charge in [-0.05, 0) is 25.5 Å². The maximum Gasteiger partial charge on any atom is 0.105 e. The predicted molar refractivity (Wildman–Crippen MR) is 87.2 cm³/mol. The Morgan fingerprint density at radius 3 is 3.00 bits per heavy atom. The quantitative estimate of drug-likeness (QED) is 0.884. The highest BCUT2D eigenvalue weighted by atomic mass is 15.3. The van der Waals surface area contributed by atoms with Crippen molar-refractivity contribution in [1.82, 2.24) is 25.4 Å². The molecule has 0 aliphatic carbocycles. The van der Waals surface area contributed by atoms with E-state index in [2.05, 4.69) is 49.7 Å². The molecule has 2 N–H and O–H groups in total. The van der Waals surface area contributed by atoms with Gasteiger partial charge in [0, 0.05) is 36.6 Å². The van der Waals surface area contributed by atoms with Crippen LogP contribution in [0.2, 0.25) is 0 Å². The van der Waals surface area contributed by atoms with Gasteiger partial charge in [-0.25, -0.2) is 0 Å². The van der Waals surface area contributed by atoms with E-state index < -0.39 is 0 Å². The average molecular weight is 298 g/mol. The maximum absolute atomic E-state index is 4.60. The summed E-state index contributed by atoms with van der Waals surface area (Å²) in [5.41, 5.74) is 6.44. The van der Waals surface area contributed by atoms with Crippen molar-refractivity contribution >= 4 is 11.8 Å². The summed E-state index contributed by atoms with van der Waals surface area (Å²) in [7, 11) is 0. The standard InChI is InChI=1S/C16H22N6/c1-2-21-5-3-14(4-6-21)22-11-13(9-19-22)12-7-15-16(17-8-12)10-18-20-15/h7-11,14,16-17,20H,2-6H2,1H3. The SMILES string of the molecule is CCN1CCC(n2cc(C3=CNC4C=NNC4=C3)cn2)CC1. The number of dihydropyridines is 1. The van der Waals surface area contributed by atoms with Crippen LogP contribution in [0.15, 0.2) is 35.5 Å². The second kappa shape index (κ2) is 5.61. The van der Waals surface area contributed by atoms with Crippen molar-refractivity contribution in [3.05, 3.63) is 35.9 Å². The van der Waals surface area contributed by atoms with Gasteiger partial charge in [0.2, 0.25) is 0 Å². The number of piperidine rings is 1. The summed E-state index contributed by atoms with van der Waals surface area (Å²) < 4.78 is 2.15. The molecule has 1 fully saturated rings. The third kappa shape index (κ3) is 2.43. The Kier molecular flexibility index (Phi) is 3.46. The topological polar surface area (TPSA) is 57.5 Å². The van der Waals surface area contributed by atoms with Gasteiger partial charge in [0.25, 0.3) is 0 Å². The molecule has 3 aliphatic heterocycles. The van der Waals surface area contributed by atoms with Crippen LogP contribution in [0.4, 0.5) is 0 Å². The Bertz CT molecular complexity index is 633. The van der Waals surface area contributed by atoms with Gasteiger partial charge in [-0.1, -0.05) is 6.92 Å². The molecule has 1 aromatic heterocycles. The Morgan fingerprint density at radius 2 is 2.18 bits per heavy atom. The van der Waals surface area contributed by atoms with E-state index in [4.69, 9.17) is 0 Å². The molecule has 0 bridgehead atoms. The molecular formula is C16H22N6. The minimum Gasteiger partial charge on any atom is -0.377 e. The van der Waals surface area contributed by atoms with E-state index in [0.717, 1.165) is 23.4 Å². The van der Waals surface area contributed by atoms with Crippen LogP contribution in [0, 0.1) is 0 Å². The molecule has 0 radical (unpaired) electrons. The molecule has 1 atom stereocenters. The summed E-state index contributed by atoms with van der Waals surface area (Å²) in [4.78, 5) is 2.50. The van der Waals surface area contributed by atoms with Crippen molar-refractivity contribution in [2.24, 2.45) is 5.10 Å². The number of nitrogens with one attached hydrogen (secondary N) is 2. The van der Waals surface area contributed by atoms with E-state index in [-0.39, 0.29) is 6.04 Å². The monoisotopic (exact) mass is 298 g/mol. The molecular weight excluding hydrogens is 276 g/mol. The van der Waals surface area contributed by atoms with Crippen LogP contribution in [-0.2, 0) is 0 Å². The predicted octanol–water partition coefficient (Wildman–Crippen LogP) is 1.33. The van der Waals surface area contributed by atoms with E-state index in [1.54, 1.807) is 0 Å². The first-order valence-electron chi connectivity index (χ1n) is 8.07. The highest BCUT2D eigenvalue weighted by Gasteiger charge is 2.22. The van der Waals surface area contributed by atoms with Crippen LogP contribution in [-0.4, -0.2) is 46.6 Å². The highest BCUT2D eigenvalue weighted by molar-refractivity contribution is 5.81. The molecule has 4 rings (SSSR count). The van der Waals surface area contributed by atoms with Gasteiger partial charge in [-0.15, -0.1) is 0 Å². The van der Waals surface area contributed by atoms with E-state index in [1.165, 1.54) is 25.9 Å². The second-order valence-electron chi connectivity index (χ2n) is 6.11. The van der Waals surface area contributed by atoms with Crippen molar-refractivity contribution in [2.75, 3.05) is 19.6 Å². The fourth-order valence-corrected chi connectivity index (χ4v) is 3.33. The number of hydrogen-bond donors (Lipinski definition) is 2. The summed E-state index contributed by atoms with van der Waals surface area (Å²) in [6.07, 6.45) is 12.6. The van der Waals surface area contributed by atoms with E-state index in [1.807, 2.05) is 18.6 Å². The number of hydrogen-bond acceptors (Lipinski definition) is 5. The fraction of sp³-hybridized carbons (Fsp3) is 0.500. The average Bonchev–Trinajstić information content (AvgIpc) is 3.23. The number of hydrazone groups is 1. The van der Waals surface area contributed by atoms with E-state index in [9.17, 15) is 0 Å². The summed E-state index contributed by atoms with van der Waals surface area (Å²) in [6.45, 7) is 5.73. The van der Waals surface area contributed by atoms with Crippen LogP contribution in [0.1, 0.15) is 31.4 Å². The number of rotatable bonds is 3. The van der Waals surface area contributed by atoms with Crippen molar-refractivity contribution in [3.63, 3.8) is 0 Å². The minimum absolute atomic E-state index is 0.192. The summed E-state index contributed by atoms with van der Waals surface area (Å²) in [6, 6.07) is 0.721. The first kappa shape index (κ1) is 13.6. The molecule has 4 heterocycles. The zero-order valence-corrected chi connectivity index (χ0v) is 12.9. The van der Waals surface area contributed by atoms with Crippen LogP contribution in [0.5, 0.6) is 0 Å². The van der Waals surface area contributed by atoms with Gasteiger partial charge in [0.05, 0.1) is 24.2 Å². The Hall–Kier alpha value is -2.08. The first-order valence-corrected chi connectivity index (χ1v) is 8.07. The Labute approximate surface area is 130 Å². The normalized spacial score (nSPS) is 25.2. The van der Waals surface area contributed by atoms with Crippen molar-refractivity contribution in [1.29, 1.82) is 0 Å². The van der Waals surface area contributed by atoms with E-state index >= 15 is 0 Å². The van der Waals surface area contributed by atoms with Gasteiger partial charge in [0.1, 0.15) is 6.04 Å².